The van der Waals surface area contributed by atoms with Crippen molar-refractivity contribution in [2.75, 3.05) is 79.4 Å². The average Bonchev–Trinajstić information content (AvgIpc) is 1.52. The molecule has 0 spiro atoms. The summed E-state index contributed by atoms with van der Waals surface area (Å²) in [7, 11) is 1.58. The molecule has 6 aromatic carbocycles. The number of unbranched alkanes of at least 4 members (excludes halogenated alkanes) is 6. The molecule has 12 rings (SSSR count). The Kier molecular flexibility index (Phi) is 33.9. The van der Waals surface area contributed by atoms with Crippen molar-refractivity contribution in [1.82, 2.24) is 58.7 Å². The first-order valence-corrected chi connectivity index (χ1v) is 43.1. The molecule has 0 saturated carbocycles. The molecule has 6 heterocycles. The number of ether oxygens (including phenoxy) is 3. The predicted octanol–water partition coefficient (Wildman–Crippen LogP) is 14.0. The molecular weight excluding hydrogens is 1530 g/mol. The summed E-state index contributed by atoms with van der Waals surface area (Å²) in [4.78, 5) is 105. The van der Waals surface area contributed by atoms with Crippen molar-refractivity contribution in [1.29, 1.82) is 0 Å². The number of nitrogens with zero attached hydrogens (tertiary/aromatic N) is 12. The SMILES string of the molecule is CCCCN(CCCC)C(=O)c1cc(C)n(-c2cc(O)ccc2C(=O)N2Cc3ccccc3C[C@H]2CO)n1.CCCCN(CCCC)C(=O)c1cc(C)n(-c2cc(OC)ccc2C(=O)N2Cc3ccccc3C[C@H]2CO)n1.CCCCN(CCCC)C(=O)c1cc(C)n(-c2cc(OCC(=O)OCC)ccc2C(=O)N2Cc3ccccc3C[C@H]2CO)n1. The minimum Gasteiger partial charge on any atom is -0.508 e. The van der Waals surface area contributed by atoms with Gasteiger partial charge in [0.25, 0.3) is 35.4 Å². The number of benzene rings is 6. The van der Waals surface area contributed by atoms with Gasteiger partial charge in [-0.2, -0.15) is 15.3 Å². The van der Waals surface area contributed by atoms with Crippen molar-refractivity contribution < 1.29 is 68.2 Å². The first-order chi connectivity index (χ1) is 58.6. The lowest BCUT2D eigenvalue weighted by Gasteiger charge is -2.36. The quantitative estimate of drug-likeness (QED) is 0.0268. The van der Waals surface area contributed by atoms with Gasteiger partial charge in [0.1, 0.15) is 17.2 Å². The highest BCUT2D eigenvalue weighted by Crippen LogP contribution is 2.35. The van der Waals surface area contributed by atoms with Crippen molar-refractivity contribution >= 4 is 41.4 Å². The van der Waals surface area contributed by atoms with Crippen LogP contribution >= 0.6 is 0 Å². The van der Waals surface area contributed by atoms with Gasteiger partial charge in [-0.25, -0.2) is 18.8 Å². The lowest BCUT2D eigenvalue weighted by atomic mass is 9.93. The highest BCUT2D eigenvalue weighted by atomic mass is 16.6. The maximum Gasteiger partial charge on any atom is 0.344 e. The van der Waals surface area contributed by atoms with E-state index >= 15 is 0 Å². The second-order valence-electron chi connectivity index (χ2n) is 31.3. The number of carbonyl (C=O) groups excluding carboxylic acids is 7. The zero-order valence-electron chi connectivity index (χ0n) is 72.3. The lowest BCUT2D eigenvalue weighted by Crippen LogP contribution is -2.46. The van der Waals surface area contributed by atoms with E-state index in [-0.39, 0.29) is 86.3 Å². The summed E-state index contributed by atoms with van der Waals surface area (Å²) in [5, 5.41) is 54.9. The summed E-state index contributed by atoms with van der Waals surface area (Å²) in [5.74, 6) is -0.686. The molecule has 0 fully saturated rings. The minimum absolute atomic E-state index is 0.00505. The van der Waals surface area contributed by atoms with E-state index in [1.807, 2.05) is 102 Å². The second kappa shape index (κ2) is 44.7. The third-order valence-electron chi connectivity index (χ3n) is 22.5. The molecular formula is C95H122N12O14. The van der Waals surface area contributed by atoms with Gasteiger partial charge in [0.05, 0.1) is 85.4 Å². The molecule has 26 heteroatoms. The van der Waals surface area contributed by atoms with E-state index in [0.29, 0.717) is 152 Å². The second-order valence-corrected chi connectivity index (χ2v) is 31.3. The van der Waals surface area contributed by atoms with Crippen LogP contribution in [0.3, 0.4) is 0 Å². The van der Waals surface area contributed by atoms with E-state index in [9.17, 15) is 54.0 Å². The molecule has 121 heavy (non-hydrogen) atoms. The number of aliphatic hydroxyl groups excluding tert-OH is 3. The lowest BCUT2D eigenvalue weighted by molar-refractivity contribution is -0.145. The van der Waals surface area contributed by atoms with Crippen LogP contribution in [0.25, 0.3) is 17.1 Å². The Bertz CT molecular complexity index is 4990. The third kappa shape index (κ3) is 22.8. The zero-order valence-corrected chi connectivity index (χ0v) is 72.3. The summed E-state index contributed by atoms with van der Waals surface area (Å²) in [6, 6.07) is 42.8. The van der Waals surface area contributed by atoms with Crippen LogP contribution in [0.2, 0.25) is 0 Å². The number of hydrogen-bond acceptors (Lipinski definition) is 17. The normalized spacial score (nSPS) is 14.6. The third-order valence-corrected chi connectivity index (χ3v) is 22.5. The fourth-order valence-electron chi connectivity index (χ4n) is 15.6. The number of methoxy groups -OCH3 is 1. The van der Waals surface area contributed by atoms with E-state index in [1.165, 1.54) is 12.1 Å². The molecule has 4 N–H and O–H groups in total. The molecule has 9 aromatic rings. The standard InChI is InChI=1S/C34H44N4O6.C31H40N4O4.C30H38N4O4/c1-5-8-16-36(17-9-6-2)34(42)30-18-24(4)38(35-30)31-20-28(44-23-32(40)43-7-3)14-15-29(31)33(41)37-21-26-13-11-10-12-25(26)19-27(37)22-39;1-5-7-15-33(16-8-6-2)31(38)28-17-22(3)35(32-28)29-19-26(39-4)13-14-27(29)30(37)34-20-24-12-10-9-11-23(24)18-25(34)21-36;1-4-6-14-32(15-7-5-2)30(38)27-16-21(3)34(31-27)28-18-25(36)12-13-26(28)29(37)33-19-23-11-9-8-10-22(23)17-24(33)20-35/h10-15,18,20,27,39H,5-9,16-17,19,21-23H2,1-4H3;9-14,17,19,25,36H,5-8,15-16,18,20-21H2,1-4H3;8-13,16,18,24,35-36H,4-7,14-15,17,19-20H2,1-3H3/t27-;25-;24-/m000/s1. The predicted molar refractivity (Wildman–Crippen MR) is 465 cm³/mol. The molecule has 3 aromatic heterocycles. The Morgan fingerprint density at radius 3 is 1.00 bits per heavy atom. The Labute approximate surface area is 711 Å². The fraction of sp³-hybridized carbons (Fsp3) is 0.453. The van der Waals surface area contributed by atoms with Crippen molar-refractivity contribution in [3.8, 4) is 34.3 Å². The number of esters is 1. The topological polar surface area (TPSA) is 301 Å². The highest BCUT2D eigenvalue weighted by molar-refractivity contribution is 6.01. The van der Waals surface area contributed by atoms with Gasteiger partial charge >= 0.3 is 5.97 Å². The molecule has 646 valence electrons. The van der Waals surface area contributed by atoms with Crippen molar-refractivity contribution in [2.45, 2.75) is 203 Å². The van der Waals surface area contributed by atoms with E-state index in [4.69, 9.17) is 24.4 Å². The number of hydrogen-bond donors (Lipinski definition) is 4. The molecule has 0 aliphatic carbocycles. The summed E-state index contributed by atoms with van der Waals surface area (Å²) in [6.45, 7) is 24.6. The van der Waals surface area contributed by atoms with E-state index < -0.39 is 12.0 Å². The smallest absolute Gasteiger partial charge is 0.344 e. The summed E-state index contributed by atoms with van der Waals surface area (Å²) in [5.41, 5.74) is 12.1. The Hall–Kier alpha value is -11.5. The van der Waals surface area contributed by atoms with Gasteiger partial charge in [0.2, 0.25) is 0 Å². The number of phenols is 1. The van der Waals surface area contributed by atoms with Crippen LogP contribution in [0, 0.1) is 20.8 Å². The van der Waals surface area contributed by atoms with Gasteiger partial charge < -0.3 is 64.0 Å². The number of aryl methyl sites for hydroxylation is 3. The maximum atomic E-state index is 14.2. The van der Waals surface area contributed by atoms with Gasteiger partial charge in [-0.05, 0) is 173 Å². The van der Waals surface area contributed by atoms with Crippen LogP contribution in [0.4, 0.5) is 0 Å². The van der Waals surface area contributed by atoms with Crippen LogP contribution in [0.15, 0.2) is 146 Å². The van der Waals surface area contributed by atoms with E-state index in [0.717, 1.165) is 116 Å². The summed E-state index contributed by atoms with van der Waals surface area (Å²) >= 11 is 0. The van der Waals surface area contributed by atoms with E-state index in [1.54, 1.807) is 103 Å². The van der Waals surface area contributed by atoms with E-state index in [2.05, 4.69) is 52.7 Å². The molecule has 0 radical (unpaired) electrons. The Morgan fingerprint density at radius 1 is 0.397 bits per heavy atom. The minimum atomic E-state index is -0.505. The van der Waals surface area contributed by atoms with Crippen molar-refractivity contribution in [2.24, 2.45) is 0 Å². The first-order valence-electron chi connectivity index (χ1n) is 43.1. The molecule has 0 bridgehead atoms. The van der Waals surface area contributed by atoms with Crippen molar-refractivity contribution in [3.05, 3.63) is 230 Å². The number of aliphatic hydroxyl groups is 3. The van der Waals surface area contributed by atoms with Gasteiger partial charge in [0, 0.05) is 94.2 Å². The highest BCUT2D eigenvalue weighted by Gasteiger charge is 2.37. The van der Waals surface area contributed by atoms with Crippen LogP contribution in [0.1, 0.15) is 239 Å². The number of aromatic nitrogens is 6. The van der Waals surface area contributed by atoms with Gasteiger partial charge in [-0.1, -0.05) is 153 Å². The number of amides is 6. The zero-order chi connectivity index (χ0) is 86.8. The molecule has 3 aliphatic rings. The van der Waals surface area contributed by atoms with Crippen LogP contribution in [-0.2, 0) is 48.4 Å². The van der Waals surface area contributed by atoms with Gasteiger partial charge in [-0.15, -0.1) is 0 Å². The number of rotatable bonds is 35. The van der Waals surface area contributed by atoms with Gasteiger partial charge in [-0.3, -0.25) is 28.8 Å². The summed E-state index contributed by atoms with van der Waals surface area (Å²) in [6.07, 6.45) is 13.2. The molecule has 0 saturated heterocycles. The first kappa shape index (κ1) is 91.8. The van der Waals surface area contributed by atoms with Gasteiger partial charge in [0.15, 0.2) is 23.7 Å². The average molecular weight is 1660 g/mol. The number of aromatic hydroxyl groups is 1. The van der Waals surface area contributed by atoms with Crippen LogP contribution in [0.5, 0.6) is 17.2 Å². The summed E-state index contributed by atoms with van der Waals surface area (Å²) < 4.78 is 21.0. The number of phenolic OH excluding ortho intramolecular Hbond substituents is 1. The van der Waals surface area contributed by atoms with Crippen LogP contribution < -0.4 is 9.47 Å². The molecule has 3 atom stereocenters. The number of fused-ring (bicyclic) bond motifs is 3. The Morgan fingerprint density at radius 2 is 0.694 bits per heavy atom. The monoisotopic (exact) mass is 1650 g/mol. The molecule has 26 nitrogen and oxygen atoms in total. The largest absolute Gasteiger partial charge is 0.508 e. The molecule has 6 amide bonds. The van der Waals surface area contributed by atoms with Crippen molar-refractivity contribution in [3.63, 3.8) is 0 Å². The number of carbonyl (C=O) groups is 7. The fourth-order valence-corrected chi connectivity index (χ4v) is 15.6. The Balaban J connectivity index is 0.000000191. The molecule has 0 unspecified atom stereocenters. The van der Waals surface area contributed by atoms with Crippen LogP contribution in [-0.4, -0.2) is 218 Å². The maximum absolute atomic E-state index is 14.2. The molecule has 3 aliphatic heterocycles.